The zero-order valence-electron chi connectivity index (χ0n) is 19.0. The standard InChI is InChI=1S/C23H34N6O.HI/c1-5-24-23(25-18-10-11-22-27-21(14-30-4)28-29(22)13-18)26-20-12-19(20)17-8-6-16(7-9-17)15(2)3;/h6-9,15,18-20H,5,10-14H2,1-4H3,(H2,24,25,26);1H. The van der Waals surface area contributed by atoms with Gasteiger partial charge in [0.1, 0.15) is 12.4 Å². The molecule has 1 saturated carbocycles. The topological polar surface area (TPSA) is 76.4 Å². The van der Waals surface area contributed by atoms with Crippen LogP contribution in [0.2, 0.25) is 0 Å². The maximum absolute atomic E-state index is 5.16. The van der Waals surface area contributed by atoms with Crippen LogP contribution in [-0.2, 0) is 24.3 Å². The van der Waals surface area contributed by atoms with Crippen molar-refractivity contribution in [2.45, 2.75) is 77.1 Å². The summed E-state index contributed by atoms with van der Waals surface area (Å²) in [5.74, 6) is 3.87. The monoisotopic (exact) mass is 538 g/mol. The minimum Gasteiger partial charge on any atom is -0.377 e. The first-order valence-corrected chi connectivity index (χ1v) is 11.2. The molecule has 3 unspecified atom stereocenters. The number of hydrogen-bond donors (Lipinski definition) is 2. The number of guanidine groups is 1. The molecule has 0 bridgehead atoms. The molecule has 170 valence electrons. The van der Waals surface area contributed by atoms with Crippen molar-refractivity contribution >= 4 is 29.9 Å². The van der Waals surface area contributed by atoms with E-state index in [1.807, 2.05) is 4.68 Å². The molecule has 1 aromatic carbocycles. The van der Waals surface area contributed by atoms with Crippen LogP contribution >= 0.6 is 24.0 Å². The highest BCUT2D eigenvalue weighted by Crippen LogP contribution is 2.41. The van der Waals surface area contributed by atoms with Crippen molar-refractivity contribution < 1.29 is 4.74 Å². The number of aromatic nitrogens is 3. The molecule has 1 fully saturated rings. The highest BCUT2D eigenvalue weighted by atomic mass is 127. The molecule has 0 radical (unpaired) electrons. The summed E-state index contributed by atoms with van der Waals surface area (Å²) in [6, 6.07) is 9.86. The first-order valence-electron chi connectivity index (χ1n) is 11.2. The van der Waals surface area contributed by atoms with Crippen LogP contribution in [0.5, 0.6) is 0 Å². The van der Waals surface area contributed by atoms with Gasteiger partial charge in [-0.25, -0.2) is 9.67 Å². The van der Waals surface area contributed by atoms with Gasteiger partial charge in [-0.3, -0.25) is 4.99 Å². The number of methoxy groups -OCH3 is 1. The smallest absolute Gasteiger partial charge is 0.191 e. The molecule has 2 N–H and O–H groups in total. The summed E-state index contributed by atoms with van der Waals surface area (Å²) in [4.78, 5) is 9.25. The van der Waals surface area contributed by atoms with E-state index in [0.29, 0.717) is 30.5 Å². The molecule has 1 aromatic heterocycles. The largest absolute Gasteiger partial charge is 0.377 e. The molecule has 3 atom stereocenters. The number of rotatable bonds is 7. The molecule has 2 aromatic rings. The third-order valence-electron chi connectivity index (χ3n) is 5.98. The van der Waals surface area contributed by atoms with E-state index < -0.39 is 0 Å². The Kier molecular flexibility index (Phi) is 8.32. The molecule has 0 spiro atoms. The van der Waals surface area contributed by atoms with Gasteiger partial charge in [0.05, 0.1) is 6.54 Å². The van der Waals surface area contributed by atoms with E-state index in [-0.39, 0.29) is 24.0 Å². The predicted molar refractivity (Wildman–Crippen MR) is 134 cm³/mol. The van der Waals surface area contributed by atoms with Crippen LogP contribution in [0.4, 0.5) is 0 Å². The highest BCUT2D eigenvalue weighted by Gasteiger charge is 2.39. The van der Waals surface area contributed by atoms with E-state index in [1.54, 1.807) is 7.11 Å². The third kappa shape index (κ3) is 5.97. The van der Waals surface area contributed by atoms with E-state index in [1.165, 1.54) is 11.1 Å². The Morgan fingerprint density at radius 3 is 2.71 bits per heavy atom. The van der Waals surface area contributed by atoms with E-state index in [9.17, 15) is 0 Å². The summed E-state index contributed by atoms with van der Waals surface area (Å²) in [6.07, 6.45) is 3.10. The minimum absolute atomic E-state index is 0. The normalized spacial score (nSPS) is 22.6. The number of benzene rings is 1. The maximum atomic E-state index is 5.16. The molecule has 2 aliphatic rings. The summed E-state index contributed by atoms with van der Waals surface area (Å²) in [7, 11) is 1.67. The van der Waals surface area contributed by atoms with Crippen molar-refractivity contribution in [2.75, 3.05) is 13.7 Å². The zero-order valence-corrected chi connectivity index (χ0v) is 21.3. The average molecular weight is 538 g/mol. The lowest BCUT2D eigenvalue weighted by molar-refractivity contribution is 0.177. The van der Waals surface area contributed by atoms with Crippen molar-refractivity contribution in [3.05, 3.63) is 47.0 Å². The number of nitrogens with zero attached hydrogens (tertiary/aromatic N) is 4. The summed E-state index contributed by atoms with van der Waals surface area (Å²) >= 11 is 0. The van der Waals surface area contributed by atoms with Crippen LogP contribution < -0.4 is 10.6 Å². The SMILES string of the molecule is CCN=C(NC1CCc2nc(COC)nn2C1)NC1CC1c1ccc(C(C)C)cc1.I. The van der Waals surface area contributed by atoms with Gasteiger partial charge in [-0.1, -0.05) is 38.1 Å². The van der Waals surface area contributed by atoms with Crippen LogP contribution in [0, 0.1) is 0 Å². The van der Waals surface area contributed by atoms with Crippen LogP contribution in [0.1, 0.15) is 68.2 Å². The fourth-order valence-electron chi connectivity index (χ4n) is 4.18. The second kappa shape index (κ2) is 10.8. The summed E-state index contributed by atoms with van der Waals surface area (Å²) in [5, 5.41) is 11.8. The fraction of sp³-hybridized carbons (Fsp3) is 0.609. The van der Waals surface area contributed by atoms with Crippen molar-refractivity contribution in [3.63, 3.8) is 0 Å². The first-order chi connectivity index (χ1) is 14.6. The second-order valence-electron chi connectivity index (χ2n) is 8.68. The number of fused-ring (bicyclic) bond motifs is 1. The molecule has 31 heavy (non-hydrogen) atoms. The summed E-state index contributed by atoms with van der Waals surface area (Å²) in [5.41, 5.74) is 2.82. The molecule has 2 heterocycles. The number of hydrogen-bond acceptors (Lipinski definition) is 4. The Labute approximate surface area is 202 Å². The van der Waals surface area contributed by atoms with E-state index >= 15 is 0 Å². The van der Waals surface area contributed by atoms with Crippen molar-refractivity contribution in [2.24, 2.45) is 4.99 Å². The van der Waals surface area contributed by atoms with Crippen LogP contribution in [0.3, 0.4) is 0 Å². The number of nitrogens with one attached hydrogen (secondary N) is 2. The Hall–Kier alpha value is -1.68. The quantitative estimate of drug-likeness (QED) is 0.320. The van der Waals surface area contributed by atoms with E-state index in [4.69, 9.17) is 4.74 Å². The molecule has 8 heteroatoms. The van der Waals surface area contributed by atoms with Gasteiger partial charge < -0.3 is 15.4 Å². The lowest BCUT2D eigenvalue weighted by Gasteiger charge is -2.25. The maximum Gasteiger partial charge on any atom is 0.191 e. The number of aryl methyl sites for hydroxylation is 1. The molecule has 4 rings (SSSR count). The molecule has 1 aliphatic carbocycles. The summed E-state index contributed by atoms with van der Waals surface area (Å²) < 4.78 is 7.17. The van der Waals surface area contributed by atoms with Gasteiger partial charge in [-0.05, 0) is 36.8 Å². The predicted octanol–water partition coefficient (Wildman–Crippen LogP) is 3.59. The Morgan fingerprint density at radius 1 is 1.26 bits per heavy atom. The van der Waals surface area contributed by atoms with Gasteiger partial charge in [0, 0.05) is 38.1 Å². The Balaban J connectivity index is 0.00000272. The van der Waals surface area contributed by atoms with Gasteiger partial charge in [0.15, 0.2) is 11.8 Å². The Morgan fingerprint density at radius 2 is 2.03 bits per heavy atom. The lowest BCUT2D eigenvalue weighted by atomic mass is 10.0. The van der Waals surface area contributed by atoms with E-state index in [0.717, 1.165) is 50.0 Å². The van der Waals surface area contributed by atoms with Gasteiger partial charge in [-0.2, -0.15) is 5.10 Å². The van der Waals surface area contributed by atoms with E-state index in [2.05, 4.69) is 70.7 Å². The third-order valence-corrected chi connectivity index (χ3v) is 5.98. The lowest BCUT2D eigenvalue weighted by Crippen LogP contribution is -2.48. The van der Waals surface area contributed by atoms with Gasteiger partial charge in [0.2, 0.25) is 0 Å². The van der Waals surface area contributed by atoms with Crippen molar-refractivity contribution in [3.8, 4) is 0 Å². The molecule has 0 saturated heterocycles. The number of ether oxygens (including phenoxy) is 1. The number of aliphatic imine (C=N–C) groups is 1. The molecule has 1 aliphatic heterocycles. The summed E-state index contributed by atoms with van der Waals surface area (Å²) in [6.45, 7) is 8.58. The minimum atomic E-state index is 0. The first kappa shape index (κ1) is 24.0. The van der Waals surface area contributed by atoms with Crippen LogP contribution in [0.15, 0.2) is 29.3 Å². The highest BCUT2D eigenvalue weighted by molar-refractivity contribution is 14.0. The molecular weight excluding hydrogens is 503 g/mol. The Bertz CT molecular complexity index is 879. The fourth-order valence-corrected chi connectivity index (χ4v) is 4.18. The zero-order chi connectivity index (χ0) is 21.1. The molecule has 0 amide bonds. The number of halogens is 1. The molecular formula is C23H35IN6O. The second-order valence-corrected chi connectivity index (χ2v) is 8.68. The van der Waals surface area contributed by atoms with Gasteiger partial charge in [0.25, 0.3) is 0 Å². The average Bonchev–Trinajstić information content (AvgIpc) is 3.37. The van der Waals surface area contributed by atoms with Gasteiger partial charge in [-0.15, -0.1) is 24.0 Å². The van der Waals surface area contributed by atoms with Crippen molar-refractivity contribution in [1.29, 1.82) is 0 Å². The van der Waals surface area contributed by atoms with Gasteiger partial charge >= 0.3 is 0 Å². The van der Waals surface area contributed by atoms with Crippen LogP contribution in [0.25, 0.3) is 0 Å². The van der Waals surface area contributed by atoms with Crippen LogP contribution in [-0.4, -0.2) is 46.5 Å². The molecule has 7 nitrogen and oxygen atoms in total. The van der Waals surface area contributed by atoms with Crippen molar-refractivity contribution in [1.82, 2.24) is 25.4 Å².